The van der Waals surface area contributed by atoms with Gasteiger partial charge in [0.1, 0.15) is 12.3 Å². The van der Waals surface area contributed by atoms with E-state index in [1.807, 2.05) is 0 Å². The summed E-state index contributed by atoms with van der Waals surface area (Å²) in [6.07, 6.45) is 7.21. The molecule has 0 aliphatic carbocycles. The number of hydrogen-bond donors (Lipinski definition) is 5. The monoisotopic (exact) mass is 483 g/mol. The lowest BCUT2D eigenvalue weighted by atomic mass is 10.1. The van der Waals surface area contributed by atoms with Gasteiger partial charge in [-0.15, -0.1) is 0 Å². The number of nitrogens with two attached hydrogens (primary N) is 1. The van der Waals surface area contributed by atoms with Gasteiger partial charge in [-0.2, -0.15) is 0 Å². The average molecular weight is 484 g/mol. The van der Waals surface area contributed by atoms with Gasteiger partial charge in [-0.1, -0.05) is 12.8 Å². The zero-order chi connectivity index (χ0) is 25.5. The Kier molecular flexibility index (Phi) is 14.2. The molecule has 4 atom stereocenters. The quantitative estimate of drug-likeness (QED) is 0.158. The van der Waals surface area contributed by atoms with Crippen LogP contribution in [0.25, 0.3) is 0 Å². The number of primary amides is 1. The number of carbonyl (C=O) groups is 4. The molecule has 5 amide bonds. The van der Waals surface area contributed by atoms with Gasteiger partial charge in [0, 0.05) is 38.3 Å². The van der Waals surface area contributed by atoms with Crippen LogP contribution < -0.4 is 27.0 Å². The van der Waals surface area contributed by atoms with Crippen molar-refractivity contribution >= 4 is 24.3 Å². The molecule has 11 heteroatoms. The summed E-state index contributed by atoms with van der Waals surface area (Å²) >= 11 is 0. The van der Waals surface area contributed by atoms with E-state index >= 15 is 0 Å². The number of hydrogen-bond acceptors (Lipinski definition) is 6. The third-order valence-electron chi connectivity index (χ3n) is 6.62. The highest BCUT2D eigenvalue weighted by Gasteiger charge is 2.29. The fourth-order valence-corrected chi connectivity index (χ4v) is 4.05. The van der Waals surface area contributed by atoms with Crippen LogP contribution in [0.5, 0.6) is 0 Å². The molecule has 0 aromatic carbocycles. The maximum absolute atomic E-state index is 12.9. The fraction of sp³-hybridized carbons (Fsp3) is 0.826. The first-order valence-electron chi connectivity index (χ1n) is 12.4. The van der Waals surface area contributed by atoms with Crippen molar-refractivity contribution in [1.82, 2.24) is 31.1 Å². The van der Waals surface area contributed by atoms with Gasteiger partial charge in [0.15, 0.2) is 0 Å². The number of likely N-dealkylation sites (N-methyl/N-ethyl adjacent to an activating group) is 1. The lowest BCUT2D eigenvalue weighted by molar-refractivity contribution is -0.125. The van der Waals surface area contributed by atoms with E-state index < -0.39 is 18.1 Å². The van der Waals surface area contributed by atoms with Crippen molar-refractivity contribution < 1.29 is 19.2 Å². The normalized spacial score (nSPS) is 19.8. The summed E-state index contributed by atoms with van der Waals surface area (Å²) < 4.78 is 0. The highest BCUT2D eigenvalue weighted by atomic mass is 16.2. The molecule has 196 valence electrons. The van der Waals surface area contributed by atoms with Gasteiger partial charge in [0.25, 0.3) is 0 Å². The van der Waals surface area contributed by atoms with Gasteiger partial charge in [0.2, 0.25) is 5.91 Å². The maximum atomic E-state index is 12.9. The number of likely N-dealkylation sites (tertiary alicyclic amines) is 1. The van der Waals surface area contributed by atoms with Gasteiger partial charge in [0.05, 0.1) is 6.04 Å². The smallest absolute Gasteiger partial charge is 0.317 e. The SMILES string of the molecule is CNC(C)C(=O)NC(C=O)CN(CCC1CCC(C)N1C)C(=O)NCCCCCCNC(N)=O. The summed E-state index contributed by atoms with van der Waals surface area (Å²) in [6, 6.07) is -1.03. The van der Waals surface area contributed by atoms with E-state index in [1.165, 1.54) is 0 Å². The lowest BCUT2D eigenvalue weighted by Gasteiger charge is -2.30. The second-order valence-corrected chi connectivity index (χ2v) is 9.18. The first-order chi connectivity index (χ1) is 16.2. The third kappa shape index (κ3) is 11.1. The number of amides is 5. The van der Waals surface area contributed by atoms with Crippen molar-refractivity contribution in [2.45, 2.75) is 83.0 Å². The van der Waals surface area contributed by atoms with E-state index in [-0.39, 0.29) is 18.5 Å². The van der Waals surface area contributed by atoms with Gasteiger partial charge < -0.3 is 41.6 Å². The molecule has 1 aliphatic rings. The van der Waals surface area contributed by atoms with Gasteiger partial charge in [-0.3, -0.25) is 4.79 Å². The number of aldehydes is 1. The lowest BCUT2D eigenvalue weighted by Crippen LogP contribution is -2.53. The average Bonchev–Trinajstić information content (AvgIpc) is 3.13. The topological polar surface area (TPSA) is 149 Å². The minimum absolute atomic E-state index is 0.127. The molecule has 1 rings (SSSR count). The van der Waals surface area contributed by atoms with Crippen LogP contribution >= 0.6 is 0 Å². The van der Waals surface area contributed by atoms with Crippen molar-refractivity contribution in [2.24, 2.45) is 5.73 Å². The Bertz CT molecular complexity index is 649. The molecular formula is C23H45N7O4. The Morgan fingerprint density at radius 3 is 2.29 bits per heavy atom. The van der Waals surface area contributed by atoms with Crippen molar-refractivity contribution in [2.75, 3.05) is 40.3 Å². The van der Waals surface area contributed by atoms with Crippen molar-refractivity contribution in [3.05, 3.63) is 0 Å². The summed E-state index contributed by atoms with van der Waals surface area (Å²) in [4.78, 5) is 51.4. The van der Waals surface area contributed by atoms with E-state index in [1.54, 1.807) is 18.9 Å². The molecule has 1 aliphatic heterocycles. The summed E-state index contributed by atoms with van der Waals surface area (Å²) in [5.41, 5.74) is 5.04. The number of carbonyl (C=O) groups excluding carboxylic acids is 4. The Morgan fingerprint density at radius 2 is 1.76 bits per heavy atom. The first-order valence-corrected chi connectivity index (χ1v) is 12.4. The summed E-state index contributed by atoms with van der Waals surface area (Å²) in [5, 5.41) is 11.1. The number of nitrogens with zero attached hydrogens (tertiary/aromatic N) is 2. The summed E-state index contributed by atoms with van der Waals surface area (Å²) in [5.74, 6) is -0.282. The molecule has 1 saturated heterocycles. The second-order valence-electron chi connectivity index (χ2n) is 9.18. The Hall–Kier alpha value is -2.40. The molecule has 0 aromatic rings. The van der Waals surface area contributed by atoms with E-state index in [9.17, 15) is 19.2 Å². The number of urea groups is 2. The zero-order valence-corrected chi connectivity index (χ0v) is 21.3. The zero-order valence-electron chi connectivity index (χ0n) is 21.3. The number of unbranched alkanes of at least 4 members (excludes halogenated alkanes) is 3. The molecule has 34 heavy (non-hydrogen) atoms. The van der Waals surface area contributed by atoms with Crippen LogP contribution in [0.1, 0.15) is 58.8 Å². The molecule has 1 heterocycles. The third-order valence-corrected chi connectivity index (χ3v) is 6.62. The molecule has 11 nitrogen and oxygen atoms in total. The predicted molar refractivity (Wildman–Crippen MR) is 132 cm³/mol. The highest BCUT2D eigenvalue weighted by molar-refractivity contribution is 5.84. The Labute approximate surface area is 203 Å². The van der Waals surface area contributed by atoms with E-state index in [0.717, 1.165) is 44.9 Å². The van der Waals surface area contributed by atoms with Crippen LogP contribution in [-0.2, 0) is 9.59 Å². The van der Waals surface area contributed by atoms with Crippen molar-refractivity contribution in [3.8, 4) is 0 Å². The van der Waals surface area contributed by atoms with Crippen LogP contribution in [-0.4, -0.2) is 98.5 Å². The second kappa shape index (κ2) is 16.3. The highest BCUT2D eigenvalue weighted by Crippen LogP contribution is 2.24. The largest absolute Gasteiger partial charge is 0.352 e. The molecule has 1 fully saturated rings. The summed E-state index contributed by atoms with van der Waals surface area (Å²) in [6.45, 7) is 5.62. The maximum Gasteiger partial charge on any atom is 0.317 e. The fourth-order valence-electron chi connectivity index (χ4n) is 4.05. The number of rotatable bonds is 16. The van der Waals surface area contributed by atoms with Crippen LogP contribution in [0.2, 0.25) is 0 Å². The van der Waals surface area contributed by atoms with Gasteiger partial charge >= 0.3 is 12.1 Å². The molecule has 4 unspecified atom stereocenters. The standard InChI is InChI=1S/C23H45N7O4/c1-17-9-10-20(29(17)4)11-14-30(15-19(16-31)28-21(32)18(2)25-3)23(34)27-13-8-6-5-7-12-26-22(24)33/h16-20,25H,5-15H2,1-4H3,(H,27,34)(H,28,32)(H3,24,26,33). The Morgan fingerprint density at radius 1 is 1.12 bits per heavy atom. The van der Waals surface area contributed by atoms with Crippen LogP contribution in [0.15, 0.2) is 0 Å². The Balaban J connectivity index is 2.57. The van der Waals surface area contributed by atoms with Crippen LogP contribution in [0, 0.1) is 0 Å². The van der Waals surface area contributed by atoms with Gasteiger partial charge in [-0.25, -0.2) is 9.59 Å². The predicted octanol–water partition coefficient (Wildman–Crippen LogP) is 0.391. The molecule has 0 bridgehead atoms. The van der Waals surface area contributed by atoms with E-state index in [4.69, 9.17) is 5.73 Å². The molecule has 0 spiro atoms. The van der Waals surface area contributed by atoms with Gasteiger partial charge in [-0.05, 0) is 60.0 Å². The van der Waals surface area contributed by atoms with Crippen molar-refractivity contribution in [1.29, 1.82) is 0 Å². The molecule has 0 radical (unpaired) electrons. The number of nitrogens with one attached hydrogen (secondary N) is 4. The summed E-state index contributed by atoms with van der Waals surface area (Å²) in [7, 11) is 3.78. The molecule has 0 aromatic heterocycles. The van der Waals surface area contributed by atoms with E-state index in [0.29, 0.717) is 38.0 Å². The van der Waals surface area contributed by atoms with Crippen LogP contribution in [0.4, 0.5) is 9.59 Å². The minimum atomic E-state index is -0.771. The van der Waals surface area contributed by atoms with E-state index in [2.05, 4.69) is 40.1 Å². The first kappa shape index (κ1) is 29.6. The minimum Gasteiger partial charge on any atom is -0.352 e. The molecule has 0 saturated carbocycles. The molecular weight excluding hydrogens is 438 g/mol. The van der Waals surface area contributed by atoms with Crippen LogP contribution in [0.3, 0.4) is 0 Å². The molecule has 6 N–H and O–H groups in total. The van der Waals surface area contributed by atoms with Crippen molar-refractivity contribution in [3.63, 3.8) is 0 Å².